The summed E-state index contributed by atoms with van der Waals surface area (Å²) < 4.78 is 41.0. The molecule has 164 valence electrons. The van der Waals surface area contributed by atoms with Gasteiger partial charge in [-0.1, -0.05) is 12.1 Å². The van der Waals surface area contributed by atoms with Crippen LogP contribution in [0, 0.1) is 0 Å². The van der Waals surface area contributed by atoms with Crippen LogP contribution < -0.4 is 0 Å². The highest BCUT2D eigenvalue weighted by molar-refractivity contribution is 5.88. The fourth-order valence-corrected chi connectivity index (χ4v) is 3.94. The molecule has 4 aromatic rings. The lowest BCUT2D eigenvalue weighted by molar-refractivity contribution is -0.142. The number of fused-ring (bicyclic) bond motifs is 2. The second kappa shape index (κ2) is 7.01. The molecule has 0 atom stereocenters. The normalized spacial score (nSPS) is 14.1. The zero-order chi connectivity index (χ0) is 22.7. The maximum Gasteiger partial charge on any atom is 0.408 e. The zero-order valence-electron chi connectivity index (χ0n) is 17.9. The highest BCUT2D eigenvalue weighted by Crippen LogP contribution is 2.34. The maximum absolute atomic E-state index is 12.7. The van der Waals surface area contributed by atoms with Crippen LogP contribution in [0.2, 0.25) is 0 Å². The second-order valence-electron chi connectivity index (χ2n) is 8.90. The van der Waals surface area contributed by atoms with Gasteiger partial charge in [0.1, 0.15) is 6.54 Å². The summed E-state index contributed by atoms with van der Waals surface area (Å²) in [7, 11) is 0. The number of allylic oxidation sites excluding steroid dienone is 1. The van der Waals surface area contributed by atoms with Crippen LogP contribution in [0.1, 0.15) is 37.7 Å². The Hall–Kier alpha value is -3.49. The van der Waals surface area contributed by atoms with E-state index in [2.05, 4.69) is 52.5 Å². The maximum atomic E-state index is 12.7. The SMILES string of the molecule is CC(C)(C)n1cnc2ccc(C3=CCc4ncc(-c5cnn(CC(F)(F)F)c5)nc43)cc21. The van der Waals surface area contributed by atoms with Crippen molar-refractivity contribution in [3.8, 4) is 11.3 Å². The summed E-state index contributed by atoms with van der Waals surface area (Å²) in [4.78, 5) is 13.8. The summed E-state index contributed by atoms with van der Waals surface area (Å²) in [5.41, 5.74) is 6.37. The zero-order valence-corrected chi connectivity index (χ0v) is 17.9. The fraction of sp³-hybridized carbons (Fsp3) is 0.304. The van der Waals surface area contributed by atoms with E-state index in [1.165, 1.54) is 12.4 Å². The van der Waals surface area contributed by atoms with Crippen LogP contribution >= 0.6 is 0 Å². The van der Waals surface area contributed by atoms with Crippen molar-refractivity contribution in [2.75, 3.05) is 0 Å². The van der Waals surface area contributed by atoms with Crippen molar-refractivity contribution in [2.24, 2.45) is 0 Å². The molecule has 32 heavy (non-hydrogen) atoms. The molecule has 9 heteroatoms. The van der Waals surface area contributed by atoms with E-state index in [9.17, 15) is 13.2 Å². The smallest absolute Gasteiger partial charge is 0.325 e. The summed E-state index contributed by atoms with van der Waals surface area (Å²) in [5.74, 6) is 0. The number of aromatic nitrogens is 6. The molecule has 0 spiro atoms. The van der Waals surface area contributed by atoms with Gasteiger partial charge in [0.2, 0.25) is 0 Å². The summed E-state index contributed by atoms with van der Waals surface area (Å²) in [6, 6.07) is 6.10. The van der Waals surface area contributed by atoms with Gasteiger partial charge in [0.25, 0.3) is 0 Å². The molecule has 0 aliphatic heterocycles. The van der Waals surface area contributed by atoms with Crippen molar-refractivity contribution < 1.29 is 13.2 Å². The van der Waals surface area contributed by atoms with E-state index in [0.29, 0.717) is 17.7 Å². The van der Waals surface area contributed by atoms with E-state index >= 15 is 0 Å². The molecule has 0 fully saturated rings. The largest absolute Gasteiger partial charge is 0.408 e. The molecule has 3 aromatic heterocycles. The van der Waals surface area contributed by atoms with Gasteiger partial charge >= 0.3 is 6.18 Å². The number of rotatable bonds is 3. The molecule has 0 radical (unpaired) electrons. The average molecular weight is 438 g/mol. The van der Waals surface area contributed by atoms with E-state index in [4.69, 9.17) is 4.98 Å². The minimum absolute atomic E-state index is 0.112. The van der Waals surface area contributed by atoms with Gasteiger partial charge in [0.15, 0.2) is 0 Å². The van der Waals surface area contributed by atoms with Gasteiger partial charge in [0, 0.05) is 29.3 Å². The first-order valence-electron chi connectivity index (χ1n) is 10.2. The van der Waals surface area contributed by atoms with Gasteiger partial charge < -0.3 is 4.57 Å². The average Bonchev–Trinajstić information content (AvgIpc) is 3.42. The van der Waals surface area contributed by atoms with Crippen molar-refractivity contribution in [2.45, 2.75) is 45.5 Å². The lowest BCUT2D eigenvalue weighted by atomic mass is 10.0. The molecule has 1 aliphatic rings. The predicted molar refractivity (Wildman–Crippen MR) is 115 cm³/mol. The first kappa shape index (κ1) is 20.4. The first-order valence-corrected chi connectivity index (χ1v) is 10.2. The highest BCUT2D eigenvalue weighted by Gasteiger charge is 2.28. The Morgan fingerprint density at radius 2 is 1.84 bits per heavy atom. The molecule has 1 aliphatic carbocycles. The van der Waals surface area contributed by atoms with E-state index in [0.717, 1.165) is 38.2 Å². The number of imidazole rings is 1. The van der Waals surface area contributed by atoms with Gasteiger partial charge in [-0.25, -0.2) is 9.97 Å². The van der Waals surface area contributed by atoms with Crippen molar-refractivity contribution in [3.63, 3.8) is 0 Å². The Kier molecular flexibility index (Phi) is 4.47. The summed E-state index contributed by atoms with van der Waals surface area (Å²) in [5, 5.41) is 3.81. The monoisotopic (exact) mass is 438 g/mol. The van der Waals surface area contributed by atoms with E-state index in [1.807, 2.05) is 18.5 Å². The Labute approximate surface area is 182 Å². The van der Waals surface area contributed by atoms with Crippen LogP contribution in [0.5, 0.6) is 0 Å². The van der Waals surface area contributed by atoms with E-state index < -0.39 is 12.7 Å². The number of hydrogen-bond acceptors (Lipinski definition) is 4. The summed E-state index contributed by atoms with van der Waals surface area (Å²) >= 11 is 0. The van der Waals surface area contributed by atoms with Crippen molar-refractivity contribution in [3.05, 3.63) is 66.1 Å². The van der Waals surface area contributed by atoms with Crippen LogP contribution in [0.4, 0.5) is 13.2 Å². The lowest BCUT2D eigenvalue weighted by Crippen LogP contribution is -2.20. The number of hydrogen-bond donors (Lipinski definition) is 0. The summed E-state index contributed by atoms with van der Waals surface area (Å²) in [6.07, 6.45) is 4.57. The van der Waals surface area contributed by atoms with E-state index in [1.54, 1.807) is 6.20 Å². The van der Waals surface area contributed by atoms with Crippen molar-refractivity contribution in [1.29, 1.82) is 0 Å². The standard InChI is InChI=1S/C23H21F3N6/c1-22(2,3)32-13-28-17-6-4-14(8-20(17)32)16-5-7-18-21(16)30-19(10-27-18)15-9-29-31(11-15)12-23(24,25)26/h4-6,8-11,13H,7,12H2,1-3H3. The van der Waals surface area contributed by atoms with Crippen LogP contribution in [0.25, 0.3) is 27.9 Å². The Morgan fingerprint density at radius 3 is 2.59 bits per heavy atom. The number of halogens is 3. The molecule has 6 nitrogen and oxygen atoms in total. The Morgan fingerprint density at radius 1 is 1.03 bits per heavy atom. The number of nitrogens with zero attached hydrogens (tertiary/aromatic N) is 6. The topological polar surface area (TPSA) is 61.4 Å². The molecular formula is C23H21F3N6. The third-order valence-corrected chi connectivity index (χ3v) is 5.45. The molecule has 0 saturated heterocycles. The lowest BCUT2D eigenvalue weighted by Gasteiger charge is -2.22. The molecule has 0 unspecified atom stereocenters. The quantitative estimate of drug-likeness (QED) is 0.452. The molecule has 1 aromatic carbocycles. The van der Waals surface area contributed by atoms with Crippen molar-refractivity contribution in [1.82, 2.24) is 29.3 Å². The minimum atomic E-state index is -4.33. The molecule has 0 amide bonds. The number of alkyl halides is 3. The van der Waals surface area contributed by atoms with Gasteiger partial charge in [-0.15, -0.1) is 0 Å². The van der Waals surface area contributed by atoms with Crippen molar-refractivity contribution >= 4 is 16.6 Å². The van der Waals surface area contributed by atoms with Crippen LogP contribution in [-0.4, -0.2) is 35.5 Å². The third-order valence-electron chi connectivity index (χ3n) is 5.45. The molecule has 0 saturated carbocycles. The highest BCUT2D eigenvalue weighted by atomic mass is 19.4. The van der Waals surface area contributed by atoms with Crippen LogP contribution in [-0.2, 0) is 18.5 Å². The number of benzene rings is 1. The predicted octanol–water partition coefficient (Wildman–Crippen LogP) is 4.99. The first-order chi connectivity index (χ1) is 15.1. The molecule has 0 bridgehead atoms. The molecule has 3 heterocycles. The third kappa shape index (κ3) is 3.68. The Bertz CT molecular complexity index is 1350. The van der Waals surface area contributed by atoms with Gasteiger partial charge in [-0.3, -0.25) is 9.67 Å². The summed E-state index contributed by atoms with van der Waals surface area (Å²) in [6.45, 7) is 5.24. The fourth-order valence-electron chi connectivity index (χ4n) is 3.94. The molecular weight excluding hydrogens is 417 g/mol. The van der Waals surface area contributed by atoms with Gasteiger partial charge in [0.05, 0.1) is 46.8 Å². The second-order valence-corrected chi connectivity index (χ2v) is 8.90. The van der Waals surface area contributed by atoms with Crippen LogP contribution in [0.3, 0.4) is 0 Å². The van der Waals surface area contributed by atoms with E-state index in [-0.39, 0.29) is 5.54 Å². The van der Waals surface area contributed by atoms with Gasteiger partial charge in [-0.2, -0.15) is 18.3 Å². The molecule has 0 N–H and O–H groups in total. The van der Waals surface area contributed by atoms with Crippen LogP contribution in [0.15, 0.2) is 49.2 Å². The Balaban J connectivity index is 1.52. The molecule has 5 rings (SSSR count). The minimum Gasteiger partial charge on any atom is -0.325 e. The van der Waals surface area contributed by atoms with Gasteiger partial charge in [-0.05, 0) is 38.5 Å².